The van der Waals surface area contributed by atoms with Crippen LogP contribution in [0, 0.1) is 0 Å². The van der Waals surface area contributed by atoms with Gasteiger partial charge in [-0.15, -0.1) is 11.3 Å². The van der Waals surface area contributed by atoms with Gasteiger partial charge in [0, 0.05) is 22.4 Å². The van der Waals surface area contributed by atoms with Crippen molar-refractivity contribution in [2.24, 2.45) is 0 Å². The van der Waals surface area contributed by atoms with E-state index in [1.165, 1.54) is 11.3 Å². The normalized spacial score (nSPS) is 16.2. The highest BCUT2D eigenvalue weighted by Gasteiger charge is 2.26. The van der Waals surface area contributed by atoms with Crippen molar-refractivity contribution in [1.29, 1.82) is 0 Å². The molecule has 2 N–H and O–H groups in total. The largest absolute Gasteiger partial charge is 0.290 e. The molecule has 2 heterocycles. The Kier molecular flexibility index (Phi) is 5.77. The molecule has 29 heavy (non-hydrogen) atoms. The summed E-state index contributed by atoms with van der Waals surface area (Å²) in [5.74, 6) is 0.0192. The number of aromatic nitrogens is 2. The maximum absolute atomic E-state index is 12.6. The molecule has 0 saturated carbocycles. The number of carbonyl (C=O) groups excluding carboxylic acids is 1. The molecule has 0 radical (unpaired) electrons. The van der Waals surface area contributed by atoms with Gasteiger partial charge in [0.2, 0.25) is 16.0 Å². The first-order valence-electron chi connectivity index (χ1n) is 8.88. The number of rotatable bonds is 5. The van der Waals surface area contributed by atoms with E-state index in [4.69, 9.17) is 0 Å². The van der Waals surface area contributed by atoms with Crippen LogP contribution in [0.25, 0.3) is 0 Å². The fourth-order valence-electron chi connectivity index (χ4n) is 3.16. The predicted molar refractivity (Wildman–Crippen MR) is 115 cm³/mol. The highest BCUT2D eigenvalue weighted by Crippen LogP contribution is 2.23. The molecule has 2 aromatic heterocycles. The van der Waals surface area contributed by atoms with Crippen molar-refractivity contribution < 1.29 is 13.2 Å². The summed E-state index contributed by atoms with van der Waals surface area (Å²) in [6, 6.07) is 9.92. The summed E-state index contributed by atoms with van der Waals surface area (Å²) >= 11 is 4.65. The van der Waals surface area contributed by atoms with Crippen LogP contribution in [0.2, 0.25) is 0 Å². The summed E-state index contributed by atoms with van der Waals surface area (Å²) in [5, 5.41) is 4.54. The molecule has 1 amide bonds. The zero-order valence-electron chi connectivity index (χ0n) is 15.1. The van der Waals surface area contributed by atoms with Crippen molar-refractivity contribution in [3.63, 3.8) is 0 Å². The van der Waals surface area contributed by atoms with Gasteiger partial charge in [-0.1, -0.05) is 28.1 Å². The maximum Gasteiger partial charge on any atom is 0.268 e. The van der Waals surface area contributed by atoms with Crippen LogP contribution in [-0.4, -0.2) is 30.3 Å². The molecule has 1 aromatic carbocycles. The number of anilines is 1. The predicted octanol–water partition coefficient (Wildman–Crippen LogP) is 3.39. The van der Waals surface area contributed by atoms with Crippen molar-refractivity contribution in [2.75, 3.05) is 5.32 Å². The van der Waals surface area contributed by atoms with E-state index >= 15 is 0 Å². The number of carbonyl (C=O) groups is 1. The number of amides is 1. The third-order valence-electron chi connectivity index (χ3n) is 4.55. The topological polar surface area (TPSA) is 101 Å². The zero-order valence-corrected chi connectivity index (χ0v) is 18.4. The van der Waals surface area contributed by atoms with E-state index in [9.17, 15) is 13.2 Å². The molecule has 0 fully saturated rings. The minimum atomic E-state index is -3.61. The van der Waals surface area contributed by atoms with E-state index in [1.807, 2.05) is 11.4 Å². The molecule has 4 rings (SSSR count). The number of aryl methyl sites for hydroxylation is 1. The van der Waals surface area contributed by atoms with Crippen LogP contribution >= 0.6 is 27.3 Å². The lowest BCUT2D eigenvalue weighted by molar-refractivity contribution is 0.102. The lowest BCUT2D eigenvalue weighted by Gasteiger charge is -2.24. The number of benzene rings is 1. The van der Waals surface area contributed by atoms with Crippen molar-refractivity contribution in [3.05, 3.63) is 68.6 Å². The lowest BCUT2D eigenvalue weighted by Crippen LogP contribution is -2.39. The number of nitrogens with one attached hydrogen (secondary N) is 2. The number of fused-ring (bicyclic) bond motifs is 1. The smallest absolute Gasteiger partial charge is 0.268 e. The molecule has 150 valence electrons. The average molecular weight is 493 g/mol. The Balaban J connectivity index is 1.44. The van der Waals surface area contributed by atoms with E-state index < -0.39 is 10.0 Å². The standard InChI is InChI=1S/C19H17BrN4O3S2/c20-13-3-1-4-15(10-13)29(26,27)24-14-6-7-16-12(9-14)11-21-19(22-16)23-18(25)17-5-2-8-28-17/h1-5,8,10-11,14,24H,6-7,9H2,(H,21,22,23,25). The monoisotopic (exact) mass is 492 g/mol. The molecule has 0 bridgehead atoms. The van der Waals surface area contributed by atoms with Gasteiger partial charge in [-0.2, -0.15) is 0 Å². The van der Waals surface area contributed by atoms with Crippen LogP contribution in [0.3, 0.4) is 0 Å². The molecular weight excluding hydrogens is 476 g/mol. The van der Waals surface area contributed by atoms with Crippen molar-refractivity contribution in [3.8, 4) is 0 Å². The Morgan fingerprint density at radius 2 is 2.10 bits per heavy atom. The SMILES string of the molecule is O=C(Nc1ncc2c(n1)CCC(NS(=O)(=O)c1cccc(Br)c1)C2)c1cccs1. The Morgan fingerprint density at radius 3 is 2.86 bits per heavy atom. The maximum atomic E-state index is 12.6. The molecule has 0 spiro atoms. The molecule has 1 aliphatic carbocycles. The number of halogens is 1. The van der Waals surface area contributed by atoms with E-state index in [1.54, 1.807) is 36.5 Å². The van der Waals surface area contributed by atoms with E-state index in [0.29, 0.717) is 28.6 Å². The van der Waals surface area contributed by atoms with Gasteiger partial charge >= 0.3 is 0 Å². The second kappa shape index (κ2) is 8.31. The Bertz CT molecular complexity index is 1150. The van der Waals surface area contributed by atoms with Crippen LogP contribution in [0.5, 0.6) is 0 Å². The first-order chi connectivity index (χ1) is 13.9. The fourth-order valence-corrected chi connectivity index (χ4v) is 5.65. The van der Waals surface area contributed by atoms with Gasteiger partial charge in [-0.25, -0.2) is 23.1 Å². The second-order valence-corrected chi connectivity index (χ2v) is 10.2. The molecular formula is C19H17BrN4O3S2. The number of thiophene rings is 1. The van der Waals surface area contributed by atoms with Crippen LogP contribution < -0.4 is 10.0 Å². The van der Waals surface area contributed by atoms with Gasteiger partial charge in [0.15, 0.2) is 0 Å². The van der Waals surface area contributed by atoms with Crippen molar-refractivity contribution in [2.45, 2.75) is 30.2 Å². The van der Waals surface area contributed by atoms with Crippen LogP contribution in [0.1, 0.15) is 27.3 Å². The highest BCUT2D eigenvalue weighted by atomic mass is 79.9. The number of hydrogen-bond donors (Lipinski definition) is 2. The van der Waals surface area contributed by atoms with E-state index in [2.05, 4.69) is 35.9 Å². The number of sulfonamides is 1. The summed E-state index contributed by atoms with van der Waals surface area (Å²) in [6.45, 7) is 0. The third-order valence-corrected chi connectivity index (χ3v) is 7.43. The summed E-state index contributed by atoms with van der Waals surface area (Å²) in [5.41, 5.74) is 1.71. The van der Waals surface area contributed by atoms with Crippen molar-refractivity contribution in [1.82, 2.24) is 14.7 Å². The minimum absolute atomic E-state index is 0.223. The lowest BCUT2D eigenvalue weighted by atomic mass is 9.94. The summed E-state index contributed by atoms with van der Waals surface area (Å²) in [4.78, 5) is 21.6. The Morgan fingerprint density at radius 1 is 1.24 bits per heavy atom. The van der Waals surface area contributed by atoms with Gasteiger partial charge in [0.1, 0.15) is 0 Å². The van der Waals surface area contributed by atoms with Gasteiger partial charge in [0.25, 0.3) is 5.91 Å². The molecule has 7 nitrogen and oxygen atoms in total. The summed E-state index contributed by atoms with van der Waals surface area (Å²) < 4.78 is 28.8. The molecule has 1 atom stereocenters. The van der Waals surface area contributed by atoms with E-state index in [-0.39, 0.29) is 22.8 Å². The molecule has 1 aliphatic rings. The summed E-state index contributed by atoms with van der Waals surface area (Å²) in [6.07, 6.45) is 3.38. The van der Waals surface area contributed by atoms with Crippen LogP contribution in [0.4, 0.5) is 5.95 Å². The first-order valence-corrected chi connectivity index (χ1v) is 12.0. The fraction of sp³-hybridized carbons (Fsp3) is 0.211. The Hall–Kier alpha value is -2.14. The minimum Gasteiger partial charge on any atom is -0.290 e. The third kappa shape index (κ3) is 4.72. The average Bonchev–Trinajstić information content (AvgIpc) is 3.23. The number of nitrogens with zero attached hydrogens (tertiary/aromatic N) is 2. The molecule has 1 unspecified atom stereocenters. The van der Waals surface area contributed by atoms with Gasteiger partial charge in [-0.3, -0.25) is 10.1 Å². The first kappa shape index (κ1) is 20.1. The van der Waals surface area contributed by atoms with Gasteiger partial charge in [-0.05, 0) is 54.5 Å². The summed E-state index contributed by atoms with van der Waals surface area (Å²) in [7, 11) is -3.61. The number of hydrogen-bond acceptors (Lipinski definition) is 6. The molecule has 10 heteroatoms. The van der Waals surface area contributed by atoms with Gasteiger partial charge < -0.3 is 0 Å². The quantitative estimate of drug-likeness (QED) is 0.568. The molecule has 0 saturated heterocycles. The van der Waals surface area contributed by atoms with Crippen LogP contribution in [0.15, 0.2) is 57.3 Å². The Labute approximate surface area is 180 Å². The zero-order chi connectivity index (χ0) is 20.4. The molecule has 0 aliphatic heterocycles. The highest BCUT2D eigenvalue weighted by molar-refractivity contribution is 9.10. The molecule has 3 aromatic rings. The van der Waals surface area contributed by atoms with Crippen LogP contribution in [-0.2, 0) is 22.9 Å². The van der Waals surface area contributed by atoms with E-state index in [0.717, 1.165) is 11.3 Å². The van der Waals surface area contributed by atoms with Crippen molar-refractivity contribution >= 4 is 49.1 Å². The van der Waals surface area contributed by atoms with Gasteiger partial charge in [0.05, 0.1) is 9.77 Å². The second-order valence-electron chi connectivity index (χ2n) is 6.62.